The Kier molecular flexibility index (Phi) is 7.20. The third-order valence-corrected chi connectivity index (χ3v) is 8.19. The van der Waals surface area contributed by atoms with Crippen molar-refractivity contribution in [1.29, 1.82) is 0 Å². The predicted molar refractivity (Wildman–Crippen MR) is 128 cm³/mol. The fraction of sp³-hybridized carbons (Fsp3) is 0.417. The van der Waals surface area contributed by atoms with Crippen LogP contribution in [-0.2, 0) is 19.5 Å². The molecule has 2 aliphatic rings. The second-order valence-electron chi connectivity index (χ2n) is 8.37. The summed E-state index contributed by atoms with van der Waals surface area (Å²) in [6.45, 7) is 4.65. The standard InChI is InChI=1S/C24H29N3O6S/c1-17-5-6-18(16-22(17)34(30,31)27-11-13-33-14-12-27)23(28)25-20-15-19(24(29)32-2)7-8-21(20)26-9-3-4-10-26/h5-8,15-16H,3-4,9-14H2,1-2H3,(H,25,28). The molecule has 0 aliphatic carbocycles. The molecular weight excluding hydrogens is 458 g/mol. The van der Waals surface area contributed by atoms with E-state index in [1.54, 1.807) is 37.3 Å². The first-order chi connectivity index (χ1) is 16.3. The number of carbonyl (C=O) groups is 2. The minimum Gasteiger partial charge on any atom is -0.465 e. The summed E-state index contributed by atoms with van der Waals surface area (Å²) in [6.07, 6.45) is 2.10. The van der Waals surface area contributed by atoms with Crippen LogP contribution in [0.1, 0.15) is 39.1 Å². The summed E-state index contributed by atoms with van der Waals surface area (Å²) < 4.78 is 37.9. The molecule has 0 saturated carbocycles. The molecule has 2 aliphatic heterocycles. The van der Waals surface area contributed by atoms with Gasteiger partial charge in [0.25, 0.3) is 5.91 Å². The summed E-state index contributed by atoms with van der Waals surface area (Å²) in [5, 5.41) is 2.88. The van der Waals surface area contributed by atoms with Crippen LogP contribution in [0.3, 0.4) is 0 Å². The molecule has 0 unspecified atom stereocenters. The van der Waals surface area contributed by atoms with Crippen LogP contribution in [0.15, 0.2) is 41.3 Å². The number of nitrogens with zero attached hydrogens (tertiary/aromatic N) is 2. The van der Waals surface area contributed by atoms with E-state index in [9.17, 15) is 18.0 Å². The third-order valence-electron chi connectivity index (χ3n) is 6.15. The maximum atomic E-state index is 13.2. The lowest BCUT2D eigenvalue weighted by molar-refractivity contribution is 0.0600. The van der Waals surface area contributed by atoms with E-state index < -0.39 is 21.9 Å². The van der Waals surface area contributed by atoms with E-state index in [2.05, 4.69) is 10.2 Å². The molecule has 1 amide bonds. The molecule has 2 aromatic carbocycles. The molecule has 0 aromatic heterocycles. The highest BCUT2D eigenvalue weighted by Gasteiger charge is 2.29. The molecule has 1 N–H and O–H groups in total. The molecule has 2 saturated heterocycles. The number of amides is 1. The largest absolute Gasteiger partial charge is 0.465 e. The lowest BCUT2D eigenvalue weighted by Crippen LogP contribution is -2.40. The second kappa shape index (κ2) is 10.1. The number of rotatable bonds is 6. The number of carbonyl (C=O) groups excluding carboxylic acids is 2. The number of ether oxygens (including phenoxy) is 2. The zero-order valence-corrected chi connectivity index (χ0v) is 20.2. The molecule has 2 heterocycles. The summed E-state index contributed by atoms with van der Waals surface area (Å²) in [5.41, 5.74) is 2.39. The number of hydrogen-bond acceptors (Lipinski definition) is 7. The summed E-state index contributed by atoms with van der Waals surface area (Å²) in [4.78, 5) is 27.5. The van der Waals surface area contributed by atoms with Crippen molar-refractivity contribution in [3.63, 3.8) is 0 Å². The number of methoxy groups -OCH3 is 1. The number of morpholine rings is 1. The van der Waals surface area contributed by atoms with Crippen LogP contribution in [-0.4, -0.2) is 71.1 Å². The maximum absolute atomic E-state index is 13.2. The highest BCUT2D eigenvalue weighted by atomic mass is 32.2. The maximum Gasteiger partial charge on any atom is 0.337 e. The van der Waals surface area contributed by atoms with Gasteiger partial charge in [0.05, 0.1) is 42.2 Å². The second-order valence-corrected chi connectivity index (χ2v) is 10.3. The van der Waals surface area contributed by atoms with Crippen LogP contribution in [0.4, 0.5) is 11.4 Å². The molecule has 10 heteroatoms. The number of benzene rings is 2. The molecule has 4 rings (SSSR count). The zero-order chi connectivity index (χ0) is 24.3. The minimum atomic E-state index is -3.76. The number of hydrogen-bond donors (Lipinski definition) is 1. The lowest BCUT2D eigenvalue weighted by atomic mass is 10.1. The topological polar surface area (TPSA) is 105 Å². The van der Waals surface area contributed by atoms with Gasteiger partial charge in [0, 0.05) is 31.7 Å². The zero-order valence-electron chi connectivity index (χ0n) is 19.4. The molecule has 34 heavy (non-hydrogen) atoms. The third kappa shape index (κ3) is 4.94. The van der Waals surface area contributed by atoms with Crippen LogP contribution in [0.2, 0.25) is 0 Å². The number of aryl methyl sites for hydroxylation is 1. The van der Waals surface area contributed by atoms with Crippen molar-refractivity contribution in [1.82, 2.24) is 4.31 Å². The Bertz CT molecular complexity index is 1190. The van der Waals surface area contributed by atoms with Gasteiger partial charge in [-0.2, -0.15) is 4.31 Å². The Morgan fingerprint density at radius 1 is 0.971 bits per heavy atom. The van der Waals surface area contributed by atoms with Gasteiger partial charge in [0.1, 0.15) is 0 Å². The smallest absolute Gasteiger partial charge is 0.337 e. The van der Waals surface area contributed by atoms with E-state index in [0.29, 0.717) is 30.0 Å². The predicted octanol–water partition coefficient (Wildman–Crippen LogP) is 2.66. The number of anilines is 2. The summed E-state index contributed by atoms with van der Waals surface area (Å²) in [7, 11) is -2.46. The molecule has 9 nitrogen and oxygen atoms in total. The van der Waals surface area contributed by atoms with E-state index in [4.69, 9.17) is 9.47 Å². The molecular formula is C24H29N3O6S. The molecule has 182 valence electrons. The van der Waals surface area contributed by atoms with Crippen molar-refractivity contribution in [3.05, 3.63) is 53.1 Å². The molecule has 0 atom stereocenters. The normalized spacial score (nSPS) is 16.9. The van der Waals surface area contributed by atoms with Gasteiger partial charge in [-0.25, -0.2) is 13.2 Å². The molecule has 0 radical (unpaired) electrons. The van der Waals surface area contributed by atoms with Gasteiger partial charge in [0.2, 0.25) is 10.0 Å². The van der Waals surface area contributed by atoms with Gasteiger partial charge in [0.15, 0.2) is 0 Å². The Balaban J connectivity index is 1.65. The first-order valence-electron chi connectivity index (χ1n) is 11.3. The molecule has 2 aromatic rings. The van der Waals surface area contributed by atoms with Gasteiger partial charge in [-0.1, -0.05) is 6.07 Å². The van der Waals surface area contributed by atoms with Crippen molar-refractivity contribution >= 4 is 33.3 Å². The van der Waals surface area contributed by atoms with E-state index in [0.717, 1.165) is 31.6 Å². The fourth-order valence-electron chi connectivity index (χ4n) is 4.25. The Morgan fingerprint density at radius 3 is 2.32 bits per heavy atom. The number of sulfonamides is 1. The van der Waals surface area contributed by atoms with Crippen LogP contribution in [0.25, 0.3) is 0 Å². The van der Waals surface area contributed by atoms with Gasteiger partial charge in [-0.05, 0) is 55.7 Å². The molecule has 0 bridgehead atoms. The summed E-state index contributed by atoms with van der Waals surface area (Å²) in [5.74, 6) is -0.960. The monoisotopic (exact) mass is 487 g/mol. The number of esters is 1. The summed E-state index contributed by atoms with van der Waals surface area (Å²) >= 11 is 0. The Hall–Kier alpha value is -2.95. The van der Waals surface area contributed by atoms with Crippen molar-refractivity contribution in [2.45, 2.75) is 24.7 Å². The van der Waals surface area contributed by atoms with Gasteiger partial charge < -0.3 is 19.7 Å². The van der Waals surface area contributed by atoms with Crippen molar-refractivity contribution in [2.24, 2.45) is 0 Å². The lowest BCUT2D eigenvalue weighted by Gasteiger charge is -2.27. The van der Waals surface area contributed by atoms with E-state index in [-0.39, 0.29) is 23.5 Å². The quantitative estimate of drug-likeness (QED) is 0.625. The highest BCUT2D eigenvalue weighted by Crippen LogP contribution is 2.31. The summed E-state index contributed by atoms with van der Waals surface area (Å²) in [6, 6.07) is 9.72. The van der Waals surface area contributed by atoms with Crippen molar-refractivity contribution in [2.75, 3.05) is 56.7 Å². The van der Waals surface area contributed by atoms with Crippen LogP contribution < -0.4 is 10.2 Å². The van der Waals surface area contributed by atoms with Crippen LogP contribution >= 0.6 is 0 Å². The van der Waals surface area contributed by atoms with Crippen LogP contribution in [0, 0.1) is 6.92 Å². The van der Waals surface area contributed by atoms with Crippen molar-refractivity contribution < 1.29 is 27.5 Å². The Labute approximate surface area is 199 Å². The molecule has 0 spiro atoms. The average Bonchev–Trinajstić information content (AvgIpc) is 3.39. The SMILES string of the molecule is COC(=O)c1ccc(N2CCCC2)c(NC(=O)c2ccc(C)c(S(=O)(=O)N3CCOCC3)c2)c1. The van der Waals surface area contributed by atoms with Crippen LogP contribution in [0.5, 0.6) is 0 Å². The van der Waals surface area contributed by atoms with E-state index in [1.165, 1.54) is 17.5 Å². The van der Waals surface area contributed by atoms with E-state index >= 15 is 0 Å². The van der Waals surface area contributed by atoms with Gasteiger partial charge >= 0.3 is 5.97 Å². The van der Waals surface area contributed by atoms with Gasteiger partial charge in [-0.3, -0.25) is 4.79 Å². The minimum absolute atomic E-state index is 0.102. The average molecular weight is 488 g/mol. The first kappa shape index (κ1) is 24.2. The fourth-order valence-corrected chi connectivity index (χ4v) is 5.91. The Morgan fingerprint density at radius 2 is 1.65 bits per heavy atom. The number of nitrogens with one attached hydrogen (secondary N) is 1. The molecule has 2 fully saturated rings. The van der Waals surface area contributed by atoms with Crippen molar-refractivity contribution in [3.8, 4) is 0 Å². The van der Waals surface area contributed by atoms with E-state index in [1.807, 2.05) is 0 Å². The first-order valence-corrected chi connectivity index (χ1v) is 12.7. The van der Waals surface area contributed by atoms with Gasteiger partial charge in [-0.15, -0.1) is 0 Å². The highest BCUT2D eigenvalue weighted by molar-refractivity contribution is 7.89.